The summed E-state index contributed by atoms with van der Waals surface area (Å²) in [5, 5.41) is 9.73. The van der Waals surface area contributed by atoms with Crippen LogP contribution < -0.4 is 4.90 Å². The molecule has 1 aromatic carbocycles. The van der Waals surface area contributed by atoms with E-state index in [0.717, 1.165) is 17.1 Å². The lowest BCUT2D eigenvalue weighted by Gasteiger charge is -2.22. The molecule has 0 fully saturated rings. The highest BCUT2D eigenvalue weighted by atomic mass is 16.3. The van der Waals surface area contributed by atoms with Crippen LogP contribution >= 0.6 is 0 Å². The molecule has 1 heterocycles. The Labute approximate surface area is 101 Å². The third-order valence-corrected chi connectivity index (χ3v) is 2.73. The van der Waals surface area contributed by atoms with Gasteiger partial charge in [-0.25, -0.2) is 4.98 Å². The van der Waals surface area contributed by atoms with Crippen LogP contribution in [0.5, 0.6) is 0 Å². The largest absolute Gasteiger partial charge is 0.389 e. The average Bonchev–Trinajstić information content (AvgIpc) is 2.39. The van der Waals surface area contributed by atoms with Gasteiger partial charge in [0.1, 0.15) is 5.82 Å². The summed E-state index contributed by atoms with van der Waals surface area (Å²) in [7, 11) is 1.95. The van der Waals surface area contributed by atoms with E-state index in [1.165, 1.54) is 0 Å². The van der Waals surface area contributed by atoms with Crippen LogP contribution in [0, 0.1) is 0 Å². The maximum absolute atomic E-state index is 9.73. The molecule has 88 valence electrons. The zero-order valence-corrected chi connectivity index (χ0v) is 10.0. The highest BCUT2D eigenvalue weighted by Gasteiger charge is 2.13. The minimum Gasteiger partial charge on any atom is -0.389 e. The fourth-order valence-corrected chi connectivity index (χ4v) is 1.79. The molecule has 17 heavy (non-hydrogen) atoms. The zero-order chi connectivity index (χ0) is 12.3. The number of aliphatic hydroxyl groups is 1. The number of anilines is 2. The molecule has 0 radical (unpaired) electrons. The van der Waals surface area contributed by atoms with Crippen molar-refractivity contribution in [1.82, 2.24) is 4.98 Å². The molecule has 3 nitrogen and oxygen atoms in total. The number of aliphatic hydroxyl groups excluding tert-OH is 1. The second kappa shape index (κ2) is 4.97. The summed E-state index contributed by atoms with van der Waals surface area (Å²) in [6.07, 6.45) is 1.21. The van der Waals surface area contributed by atoms with Gasteiger partial charge in [-0.1, -0.05) is 24.3 Å². The van der Waals surface area contributed by atoms with Crippen molar-refractivity contribution in [2.45, 2.75) is 13.0 Å². The molecule has 0 aliphatic heterocycles. The van der Waals surface area contributed by atoms with Gasteiger partial charge in [-0.2, -0.15) is 0 Å². The second-order valence-corrected chi connectivity index (χ2v) is 3.99. The van der Waals surface area contributed by atoms with Crippen LogP contribution in [0.2, 0.25) is 0 Å². The quantitative estimate of drug-likeness (QED) is 0.877. The first-order chi connectivity index (χ1) is 8.20. The number of pyridine rings is 1. The Kier molecular flexibility index (Phi) is 3.40. The molecule has 0 aliphatic carbocycles. The van der Waals surface area contributed by atoms with E-state index in [1.54, 1.807) is 13.1 Å². The van der Waals surface area contributed by atoms with Crippen LogP contribution in [0.25, 0.3) is 0 Å². The lowest BCUT2D eigenvalue weighted by atomic mass is 10.1. The molecule has 2 aromatic rings. The van der Waals surface area contributed by atoms with E-state index in [0.29, 0.717) is 0 Å². The molecular weight excluding hydrogens is 212 g/mol. The highest BCUT2D eigenvalue weighted by molar-refractivity contribution is 5.62. The van der Waals surface area contributed by atoms with Gasteiger partial charge in [0, 0.05) is 24.5 Å². The molecule has 1 aromatic heterocycles. The fourth-order valence-electron chi connectivity index (χ4n) is 1.79. The lowest BCUT2D eigenvalue weighted by molar-refractivity contribution is 0.199. The number of hydrogen-bond acceptors (Lipinski definition) is 3. The number of rotatable bonds is 3. The van der Waals surface area contributed by atoms with Crippen molar-refractivity contribution in [3.05, 3.63) is 54.2 Å². The van der Waals surface area contributed by atoms with E-state index in [2.05, 4.69) is 4.98 Å². The molecule has 0 bridgehead atoms. The Bertz CT molecular complexity index is 483. The number of nitrogens with zero attached hydrogens (tertiary/aromatic N) is 2. The summed E-state index contributed by atoms with van der Waals surface area (Å²) in [4.78, 5) is 6.32. The first kappa shape index (κ1) is 11.6. The van der Waals surface area contributed by atoms with Gasteiger partial charge < -0.3 is 10.0 Å². The summed E-state index contributed by atoms with van der Waals surface area (Å²) in [5.41, 5.74) is 1.88. The Morgan fingerprint density at radius 1 is 1.12 bits per heavy atom. The van der Waals surface area contributed by atoms with Crippen molar-refractivity contribution in [2.75, 3.05) is 11.9 Å². The molecule has 2 rings (SSSR count). The Balaban J connectivity index is 2.41. The third kappa shape index (κ3) is 2.45. The maximum atomic E-state index is 9.73. The number of para-hydroxylation sites is 1. The summed E-state index contributed by atoms with van der Waals surface area (Å²) < 4.78 is 0. The molecule has 0 saturated carbocycles. The van der Waals surface area contributed by atoms with Gasteiger partial charge in [-0.05, 0) is 25.1 Å². The normalized spacial score (nSPS) is 12.2. The van der Waals surface area contributed by atoms with Crippen molar-refractivity contribution in [1.29, 1.82) is 0 Å². The van der Waals surface area contributed by atoms with Crippen LogP contribution in [0.4, 0.5) is 11.5 Å². The van der Waals surface area contributed by atoms with Gasteiger partial charge in [0.25, 0.3) is 0 Å². The van der Waals surface area contributed by atoms with Crippen LogP contribution in [0.3, 0.4) is 0 Å². The van der Waals surface area contributed by atoms with Crippen LogP contribution in [0.15, 0.2) is 48.7 Å². The van der Waals surface area contributed by atoms with E-state index < -0.39 is 6.10 Å². The van der Waals surface area contributed by atoms with Gasteiger partial charge >= 0.3 is 0 Å². The topological polar surface area (TPSA) is 36.4 Å². The SMILES string of the molecule is C[C@H](O)c1cccnc1N(C)c1ccccc1. The molecule has 0 spiro atoms. The Morgan fingerprint density at radius 3 is 2.47 bits per heavy atom. The van der Waals surface area contributed by atoms with E-state index >= 15 is 0 Å². The average molecular weight is 228 g/mol. The van der Waals surface area contributed by atoms with Crippen LogP contribution in [-0.2, 0) is 0 Å². The first-order valence-corrected chi connectivity index (χ1v) is 5.62. The van der Waals surface area contributed by atoms with E-state index in [1.807, 2.05) is 54.4 Å². The van der Waals surface area contributed by atoms with Crippen molar-refractivity contribution in [3.63, 3.8) is 0 Å². The van der Waals surface area contributed by atoms with E-state index in [-0.39, 0.29) is 0 Å². The smallest absolute Gasteiger partial charge is 0.138 e. The monoisotopic (exact) mass is 228 g/mol. The van der Waals surface area contributed by atoms with Gasteiger partial charge in [-0.3, -0.25) is 0 Å². The van der Waals surface area contributed by atoms with Gasteiger partial charge in [-0.15, -0.1) is 0 Å². The fraction of sp³-hybridized carbons (Fsp3) is 0.214. The van der Waals surface area contributed by atoms with Crippen molar-refractivity contribution in [2.24, 2.45) is 0 Å². The molecule has 1 N–H and O–H groups in total. The zero-order valence-electron chi connectivity index (χ0n) is 10.0. The maximum Gasteiger partial charge on any atom is 0.138 e. The van der Waals surface area contributed by atoms with E-state index in [9.17, 15) is 5.11 Å². The predicted octanol–water partition coefficient (Wildman–Crippen LogP) is 2.90. The van der Waals surface area contributed by atoms with Gasteiger partial charge in [0.05, 0.1) is 6.10 Å². The molecular formula is C14H16N2O. The Hall–Kier alpha value is -1.87. The standard InChI is InChI=1S/C14H16N2O/c1-11(17)13-9-6-10-15-14(13)16(2)12-7-4-3-5-8-12/h3-11,17H,1-2H3/t11-/m0/s1. The molecule has 3 heteroatoms. The summed E-state index contributed by atoms with van der Waals surface area (Å²) in [5.74, 6) is 0.786. The second-order valence-electron chi connectivity index (χ2n) is 3.99. The summed E-state index contributed by atoms with van der Waals surface area (Å²) in [6.45, 7) is 1.75. The lowest BCUT2D eigenvalue weighted by Crippen LogP contribution is -2.14. The minimum absolute atomic E-state index is 0.523. The van der Waals surface area contributed by atoms with Crippen LogP contribution in [-0.4, -0.2) is 17.1 Å². The molecule has 1 atom stereocenters. The number of aromatic nitrogens is 1. The Morgan fingerprint density at radius 2 is 1.82 bits per heavy atom. The summed E-state index contributed by atoms with van der Waals surface area (Å²) >= 11 is 0. The van der Waals surface area contributed by atoms with Gasteiger partial charge in [0.2, 0.25) is 0 Å². The molecule has 0 amide bonds. The molecule has 0 unspecified atom stereocenters. The molecule has 0 aliphatic rings. The van der Waals surface area contributed by atoms with Crippen molar-refractivity contribution < 1.29 is 5.11 Å². The summed E-state index contributed by atoms with van der Waals surface area (Å²) in [6, 6.07) is 13.7. The predicted molar refractivity (Wildman–Crippen MR) is 69.4 cm³/mol. The van der Waals surface area contributed by atoms with E-state index in [4.69, 9.17) is 0 Å². The molecule has 0 saturated heterocycles. The number of hydrogen-bond donors (Lipinski definition) is 1. The highest BCUT2D eigenvalue weighted by Crippen LogP contribution is 2.28. The van der Waals surface area contributed by atoms with Gasteiger partial charge in [0.15, 0.2) is 0 Å². The van der Waals surface area contributed by atoms with Crippen molar-refractivity contribution in [3.8, 4) is 0 Å². The minimum atomic E-state index is -0.523. The van der Waals surface area contributed by atoms with Crippen LogP contribution in [0.1, 0.15) is 18.6 Å². The third-order valence-electron chi connectivity index (χ3n) is 2.73. The number of benzene rings is 1. The first-order valence-electron chi connectivity index (χ1n) is 5.62. The van der Waals surface area contributed by atoms with Crippen molar-refractivity contribution >= 4 is 11.5 Å².